The van der Waals surface area contributed by atoms with Crippen molar-refractivity contribution in [2.45, 2.75) is 4.90 Å². The van der Waals surface area contributed by atoms with Crippen molar-refractivity contribution in [1.82, 2.24) is 4.90 Å². The van der Waals surface area contributed by atoms with Crippen LogP contribution in [-0.2, 0) is 10.0 Å². The van der Waals surface area contributed by atoms with Crippen LogP contribution in [0, 0.1) is 0 Å². The third-order valence-corrected chi connectivity index (χ3v) is 5.05. The molecule has 0 aliphatic carbocycles. The van der Waals surface area contributed by atoms with E-state index in [2.05, 4.69) is 4.72 Å². The van der Waals surface area contributed by atoms with Gasteiger partial charge >= 0.3 is 5.63 Å². The number of amides is 1. The number of fused-ring (bicyclic) bond motifs is 1. The molecule has 134 valence electrons. The Morgan fingerprint density at radius 3 is 2.54 bits per heavy atom. The van der Waals surface area contributed by atoms with Crippen LogP contribution in [0.15, 0.2) is 68.7 Å². The second-order valence-electron chi connectivity index (χ2n) is 5.84. The first-order valence-electron chi connectivity index (χ1n) is 7.65. The summed E-state index contributed by atoms with van der Waals surface area (Å²) in [5.74, 6) is -0.230. The highest BCUT2D eigenvalue weighted by Gasteiger charge is 2.16. The topological polar surface area (TPSA) is 96.7 Å². The van der Waals surface area contributed by atoms with Crippen molar-refractivity contribution in [3.8, 4) is 0 Å². The van der Waals surface area contributed by atoms with Crippen LogP contribution in [0.4, 0.5) is 5.69 Å². The van der Waals surface area contributed by atoms with Gasteiger partial charge in [0.2, 0.25) is 0 Å². The Bertz CT molecular complexity index is 1150. The van der Waals surface area contributed by atoms with Crippen LogP contribution in [0.3, 0.4) is 0 Å². The molecule has 1 N–H and O–H groups in total. The van der Waals surface area contributed by atoms with Gasteiger partial charge in [-0.1, -0.05) is 6.07 Å². The molecule has 7 nitrogen and oxygen atoms in total. The van der Waals surface area contributed by atoms with Crippen LogP contribution in [-0.4, -0.2) is 33.3 Å². The molecule has 0 bridgehead atoms. The normalized spacial score (nSPS) is 11.3. The maximum absolute atomic E-state index is 12.6. The molecule has 0 fully saturated rings. The standard InChI is InChI=1S/C18H16N2O5S/c1-20(2)18(22)13-4-3-5-14(10-13)19-26(23,24)15-7-8-16-12(11-15)6-9-17(21)25-16/h3-11,19H,1-2H3. The minimum Gasteiger partial charge on any atom is -0.423 e. The average Bonchev–Trinajstić information content (AvgIpc) is 2.60. The summed E-state index contributed by atoms with van der Waals surface area (Å²) in [7, 11) is -0.637. The second kappa shape index (κ2) is 6.64. The molecular formula is C18H16N2O5S. The molecule has 8 heteroatoms. The molecule has 26 heavy (non-hydrogen) atoms. The van der Waals surface area contributed by atoms with Crippen LogP contribution < -0.4 is 10.3 Å². The Morgan fingerprint density at radius 1 is 1.04 bits per heavy atom. The molecule has 0 saturated carbocycles. The van der Waals surface area contributed by atoms with Gasteiger partial charge in [0.05, 0.1) is 4.90 Å². The maximum atomic E-state index is 12.6. The number of sulfonamides is 1. The Labute approximate surface area is 149 Å². The van der Waals surface area contributed by atoms with Gasteiger partial charge < -0.3 is 9.32 Å². The van der Waals surface area contributed by atoms with E-state index in [1.54, 1.807) is 32.3 Å². The molecule has 2 aromatic carbocycles. The number of carbonyl (C=O) groups excluding carboxylic acids is 1. The van der Waals surface area contributed by atoms with Crippen molar-refractivity contribution < 1.29 is 17.6 Å². The SMILES string of the molecule is CN(C)C(=O)c1cccc(NS(=O)(=O)c2ccc3oc(=O)ccc3c2)c1. The quantitative estimate of drug-likeness (QED) is 0.709. The Hall–Kier alpha value is -3.13. The van der Waals surface area contributed by atoms with Gasteiger partial charge in [0, 0.05) is 36.8 Å². The van der Waals surface area contributed by atoms with Gasteiger partial charge in [-0.25, -0.2) is 13.2 Å². The summed E-state index contributed by atoms with van der Waals surface area (Å²) >= 11 is 0. The zero-order valence-electron chi connectivity index (χ0n) is 14.1. The third kappa shape index (κ3) is 3.60. The Balaban J connectivity index is 1.94. The molecule has 0 atom stereocenters. The number of anilines is 1. The number of benzene rings is 2. The lowest BCUT2D eigenvalue weighted by atomic mass is 10.2. The molecule has 3 aromatic rings. The molecule has 3 rings (SSSR count). The van der Waals surface area contributed by atoms with Gasteiger partial charge in [0.15, 0.2) is 0 Å². The first kappa shape index (κ1) is 17.7. The van der Waals surface area contributed by atoms with E-state index in [9.17, 15) is 18.0 Å². The molecule has 1 amide bonds. The maximum Gasteiger partial charge on any atom is 0.336 e. The lowest BCUT2D eigenvalue weighted by Crippen LogP contribution is -2.22. The zero-order valence-corrected chi connectivity index (χ0v) is 14.9. The highest BCUT2D eigenvalue weighted by atomic mass is 32.2. The fraction of sp³-hybridized carbons (Fsp3) is 0.111. The molecule has 0 saturated heterocycles. The van der Waals surface area contributed by atoms with Gasteiger partial charge in [-0.3, -0.25) is 9.52 Å². The molecule has 0 radical (unpaired) electrons. The van der Waals surface area contributed by atoms with Gasteiger partial charge in [-0.15, -0.1) is 0 Å². The molecule has 0 aliphatic rings. The van der Waals surface area contributed by atoms with E-state index in [0.29, 0.717) is 16.5 Å². The fourth-order valence-corrected chi connectivity index (χ4v) is 3.49. The smallest absolute Gasteiger partial charge is 0.336 e. The summed E-state index contributed by atoms with van der Waals surface area (Å²) in [4.78, 5) is 24.7. The number of nitrogens with one attached hydrogen (secondary N) is 1. The fourth-order valence-electron chi connectivity index (χ4n) is 2.41. The van der Waals surface area contributed by atoms with E-state index in [1.165, 1.54) is 41.3 Å². The van der Waals surface area contributed by atoms with Gasteiger partial charge in [-0.05, 0) is 42.5 Å². The predicted octanol–water partition coefficient (Wildman–Crippen LogP) is 2.30. The predicted molar refractivity (Wildman–Crippen MR) is 97.8 cm³/mol. The van der Waals surface area contributed by atoms with Crippen molar-refractivity contribution in [1.29, 1.82) is 0 Å². The average molecular weight is 372 g/mol. The van der Waals surface area contributed by atoms with Gasteiger partial charge in [-0.2, -0.15) is 0 Å². The van der Waals surface area contributed by atoms with Gasteiger partial charge in [0.1, 0.15) is 5.58 Å². The van der Waals surface area contributed by atoms with Crippen LogP contribution in [0.1, 0.15) is 10.4 Å². The molecule has 0 unspecified atom stereocenters. The largest absolute Gasteiger partial charge is 0.423 e. The van der Waals surface area contributed by atoms with E-state index < -0.39 is 15.6 Å². The van der Waals surface area contributed by atoms with Crippen molar-refractivity contribution in [2.75, 3.05) is 18.8 Å². The third-order valence-electron chi connectivity index (χ3n) is 3.67. The van der Waals surface area contributed by atoms with Crippen molar-refractivity contribution in [2.24, 2.45) is 0 Å². The molecular weight excluding hydrogens is 356 g/mol. The number of carbonyl (C=O) groups is 1. The zero-order chi connectivity index (χ0) is 18.9. The second-order valence-corrected chi connectivity index (χ2v) is 7.52. The first-order valence-corrected chi connectivity index (χ1v) is 9.13. The number of hydrogen-bond donors (Lipinski definition) is 1. The molecule has 1 heterocycles. The Kier molecular flexibility index (Phi) is 4.52. The number of hydrogen-bond acceptors (Lipinski definition) is 5. The molecule has 0 spiro atoms. The summed E-state index contributed by atoms with van der Waals surface area (Å²) in [6.07, 6.45) is 0. The lowest BCUT2D eigenvalue weighted by Gasteiger charge is -2.12. The van der Waals surface area contributed by atoms with Crippen LogP contribution in [0.2, 0.25) is 0 Å². The van der Waals surface area contributed by atoms with Crippen LogP contribution in [0.25, 0.3) is 11.0 Å². The number of rotatable bonds is 4. The van der Waals surface area contributed by atoms with Crippen LogP contribution in [0.5, 0.6) is 0 Å². The molecule has 0 aliphatic heterocycles. The van der Waals surface area contributed by atoms with Crippen molar-refractivity contribution in [3.63, 3.8) is 0 Å². The highest BCUT2D eigenvalue weighted by molar-refractivity contribution is 7.92. The lowest BCUT2D eigenvalue weighted by molar-refractivity contribution is 0.0827. The van der Waals surface area contributed by atoms with Gasteiger partial charge in [0.25, 0.3) is 15.9 Å². The van der Waals surface area contributed by atoms with Crippen molar-refractivity contribution in [3.05, 3.63) is 70.6 Å². The highest BCUT2D eigenvalue weighted by Crippen LogP contribution is 2.21. The number of nitrogens with zero attached hydrogens (tertiary/aromatic N) is 1. The van der Waals surface area contributed by atoms with E-state index in [1.807, 2.05) is 0 Å². The van der Waals surface area contributed by atoms with E-state index in [4.69, 9.17) is 4.42 Å². The minimum atomic E-state index is -3.87. The van der Waals surface area contributed by atoms with Crippen molar-refractivity contribution >= 4 is 32.6 Å². The molecule has 1 aromatic heterocycles. The summed E-state index contributed by atoms with van der Waals surface area (Å²) < 4.78 is 32.7. The van der Waals surface area contributed by atoms with E-state index in [-0.39, 0.29) is 16.5 Å². The summed E-state index contributed by atoms with van der Waals surface area (Å²) in [5, 5.41) is 0.490. The summed E-state index contributed by atoms with van der Waals surface area (Å²) in [6, 6.07) is 13.2. The summed E-state index contributed by atoms with van der Waals surface area (Å²) in [5.41, 5.74) is 0.441. The monoisotopic (exact) mass is 372 g/mol. The van der Waals surface area contributed by atoms with Crippen LogP contribution >= 0.6 is 0 Å². The van der Waals surface area contributed by atoms with E-state index in [0.717, 1.165) is 0 Å². The summed E-state index contributed by atoms with van der Waals surface area (Å²) in [6.45, 7) is 0. The Morgan fingerprint density at radius 2 is 1.81 bits per heavy atom. The first-order chi connectivity index (χ1) is 12.3. The minimum absolute atomic E-state index is 0.0168. The van der Waals surface area contributed by atoms with E-state index >= 15 is 0 Å².